The van der Waals surface area contributed by atoms with Crippen molar-refractivity contribution in [3.05, 3.63) is 47.8 Å². The van der Waals surface area contributed by atoms with Gasteiger partial charge < -0.3 is 5.11 Å². The first-order chi connectivity index (χ1) is 6.11. The molecule has 0 amide bonds. The van der Waals surface area contributed by atoms with E-state index in [4.69, 9.17) is 0 Å². The highest BCUT2D eigenvalue weighted by Gasteiger charge is 2.08. The predicted molar refractivity (Wildman–Crippen MR) is 50.9 cm³/mol. The minimum Gasteiger partial charge on any atom is -0.388 e. The van der Waals surface area contributed by atoms with Gasteiger partial charge in [0.05, 0.1) is 6.10 Å². The zero-order valence-corrected chi connectivity index (χ0v) is 7.63. The number of hydrogen-bond acceptors (Lipinski definition) is 1. The average molecular weight is 180 g/mol. The van der Waals surface area contributed by atoms with Gasteiger partial charge >= 0.3 is 0 Å². The lowest BCUT2D eigenvalue weighted by Crippen LogP contribution is -2.11. The molecule has 0 aliphatic heterocycles. The highest BCUT2D eigenvalue weighted by Crippen LogP contribution is 2.11. The standard InChI is InChI=1S/C11H13FO/c1-8(2)11(13)7-9-5-3-4-6-10(9)12/h3-6,11,13H,1,7H2,2H3. The van der Waals surface area contributed by atoms with E-state index in [9.17, 15) is 9.50 Å². The SMILES string of the molecule is C=C(C)C(O)Cc1ccccc1F. The van der Waals surface area contributed by atoms with Crippen LogP contribution in [0, 0.1) is 5.82 Å². The van der Waals surface area contributed by atoms with E-state index in [1.165, 1.54) is 6.07 Å². The number of benzene rings is 1. The molecule has 2 heteroatoms. The van der Waals surface area contributed by atoms with E-state index in [1.807, 2.05) is 0 Å². The molecule has 1 atom stereocenters. The van der Waals surface area contributed by atoms with Crippen LogP contribution in [0.3, 0.4) is 0 Å². The molecular formula is C11H13FO. The van der Waals surface area contributed by atoms with Crippen LogP contribution >= 0.6 is 0 Å². The normalized spacial score (nSPS) is 12.5. The molecule has 13 heavy (non-hydrogen) atoms. The van der Waals surface area contributed by atoms with Gasteiger partial charge in [-0.15, -0.1) is 0 Å². The van der Waals surface area contributed by atoms with Gasteiger partial charge in [0.25, 0.3) is 0 Å². The van der Waals surface area contributed by atoms with Crippen molar-refractivity contribution in [2.24, 2.45) is 0 Å². The molecule has 0 radical (unpaired) electrons. The third-order valence-corrected chi connectivity index (χ3v) is 1.94. The van der Waals surface area contributed by atoms with Gasteiger partial charge in [-0.1, -0.05) is 30.4 Å². The lowest BCUT2D eigenvalue weighted by atomic mass is 10.0. The molecule has 0 aromatic heterocycles. The second-order valence-corrected chi connectivity index (χ2v) is 3.16. The van der Waals surface area contributed by atoms with Gasteiger partial charge in [0.2, 0.25) is 0 Å². The van der Waals surface area contributed by atoms with Gasteiger partial charge in [-0.05, 0) is 18.6 Å². The first kappa shape index (κ1) is 9.93. The van der Waals surface area contributed by atoms with Crippen molar-refractivity contribution in [3.8, 4) is 0 Å². The van der Waals surface area contributed by atoms with Crippen molar-refractivity contribution in [3.63, 3.8) is 0 Å². The van der Waals surface area contributed by atoms with Crippen molar-refractivity contribution < 1.29 is 9.50 Å². The maximum Gasteiger partial charge on any atom is 0.126 e. The Morgan fingerprint density at radius 1 is 1.54 bits per heavy atom. The third-order valence-electron chi connectivity index (χ3n) is 1.94. The van der Waals surface area contributed by atoms with E-state index < -0.39 is 6.10 Å². The summed E-state index contributed by atoms with van der Waals surface area (Å²) in [5.74, 6) is -0.275. The number of hydrogen-bond donors (Lipinski definition) is 1. The molecule has 1 nitrogen and oxygen atoms in total. The number of aliphatic hydroxyl groups excluding tert-OH is 1. The summed E-state index contributed by atoms with van der Waals surface area (Å²) in [6.07, 6.45) is -0.362. The van der Waals surface area contributed by atoms with Crippen LogP contribution in [0.1, 0.15) is 12.5 Å². The van der Waals surface area contributed by atoms with Crippen LogP contribution in [-0.4, -0.2) is 11.2 Å². The van der Waals surface area contributed by atoms with Crippen molar-refractivity contribution in [2.75, 3.05) is 0 Å². The van der Waals surface area contributed by atoms with Crippen molar-refractivity contribution >= 4 is 0 Å². The minimum absolute atomic E-state index is 0.275. The summed E-state index contributed by atoms with van der Waals surface area (Å²) in [6.45, 7) is 5.34. The highest BCUT2D eigenvalue weighted by molar-refractivity contribution is 5.20. The molecule has 1 aromatic carbocycles. The molecule has 0 bridgehead atoms. The van der Waals surface area contributed by atoms with Crippen molar-refractivity contribution in [2.45, 2.75) is 19.4 Å². The van der Waals surface area contributed by atoms with Gasteiger partial charge in [-0.3, -0.25) is 0 Å². The summed E-state index contributed by atoms with van der Waals surface area (Å²) in [4.78, 5) is 0. The van der Waals surface area contributed by atoms with Crippen LogP contribution in [0.2, 0.25) is 0 Å². The number of aliphatic hydroxyl groups is 1. The van der Waals surface area contributed by atoms with Gasteiger partial charge in [-0.2, -0.15) is 0 Å². The van der Waals surface area contributed by atoms with Crippen molar-refractivity contribution in [1.29, 1.82) is 0 Å². The Hall–Kier alpha value is -1.15. The smallest absolute Gasteiger partial charge is 0.126 e. The predicted octanol–water partition coefficient (Wildman–Crippen LogP) is 2.31. The Bertz CT molecular complexity index is 307. The van der Waals surface area contributed by atoms with E-state index in [0.29, 0.717) is 17.6 Å². The van der Waals surface area contributed by atoms with E-state index in [2.05, 4.69) is 6.58 Å². The summed E-state index contributed by atoms with van der Waals surface area (Å²) in [7, 11) is 0. The van der Waals surface area contributed by atoms with E-state index in [1.54, 1.807) is 25.1 Å². The fourth-order valence-electron chi connectivity index (χ4n) is 1.05. The molecule has 0 heterocycles. The van der Waals surface area contributed by atoms with Crippen LogP contribution in [0.5, 0.6) is 0 Å². The lowest BCUT2D eigenvalue weighted by molar-refractivity contribution is 0.210. The fraction of sp³-hybridized carbons (Fsp3) is 0.273. The maximum atomic E-state index is 13.1. The van der Waals surface area contributed by atoms with E-state index in [-0.39, 0.29) is 5.82 Å². The van der Waals surface area contributed by atoms with Crippen LogP contribution < -0.4 is 0 Å². The van der Waals surface area contributed by atoms with Crippen LogP contribution in [0.4, 0.5) is 4.39 Å². The van der Waals surface area contributed by atoms with Crippen LogP contribution in [-0.2, 0) is 6.42 Å². The third kappa shape index (κ3) is 2.67. The summed E-state index contributed by atoms with van der Waals surface area (Å²) < 4.78 is 13.1. The molecule has 0 aliphatic rings. The highest BCUT2D eigenvalue weighted by atomic mass is 19.1. The number of halogens is 1. The Labute approximate surface area is 77.5 Å². The van der Waals surface area contributed by atoms with Crippen molar-refractivity contribution in [1.82, 2.24) is 0 Å². The molecule has 1 N–H and O–H groups in total. The molecule has 1 rings (SSSR count). The zero-order valence-electron chi connectivity index (χ0n) is 7.63. The molecule has 70 valence electrons. The summed E-state index contributed by atoms with van der Waals surface area (Å²) in [5, 5.41) is 9.44. The first-order valence-corrected chi connectivity index (χ1v) is 4.18. The minimum atomic E-state index is -0.656. The van der Waals surface area contributed by atoms with Gasteiger partial charge in [0, 0.05) is 6.42 Å². The summed E-state index contributed by atoms with van der Waals surface area (Å²) in [5.41, 5.74) is 1.18. The Kier molecular flexibility index (Phi) is 3.20. The largest absolute Gasteiger partial charge is 0.388 e. The maximum absolute atomic E-state index is 13.1. The monoisotopic (exact) mass is 180 g/mol. The van der Waals surface area contributed by atoms with E-state index in [0.717, 1.165) is 0 Å². The fourth-order valence-corrected chi connectivity index (χ4v) is 1.05. The molecule has 0 saturated carbocycles. The summed E-state index contributed by atoms with van der Waals surface area (Å²) >= 11 is 0. The second-order valence-electron chi connectivity index (χ2n) is 3.16. The quantitative estimate of drug-likeness (QED) is 0.708. The molecule has 0 fully saturated rings. The van der Waals surface area contributed by atoms with Gasteiger partial charge in [0.1, 0.15) is 5.82 Å². The molecule has 0 spiro atoms. The Morgan fingerprint density at radius 2 is 2.15 bits per heavy atom. The molecule has 1 unspecified atom stereocenters. The summed E-state index contributed by atoms with van der Waals surface area (Å²) in [6, 6.07) is 6.44. The molecule has 1 aromatic rings. The van der Waals surface area contributed by atoms with Gasteiger partial charge in [0.15, 0.2) is 0 Å². The van der Waals surface area contributed by atoms with Crippen LogP contribution in [0.25, 0.3) is 0 Å². The second kappa shape index (κ2) is 4.19. The average Bonchev–Trinajstić information content (AvgIpc) is 2.08. The lowest BCUT2D eigenvalue weighted by Gasteiger charge is -2.10. The molecular weight excluding hydrogens is 167 g/mol. The Balaban J connectivity index is 2.74. The van der Waals surface area contributed by atoms with E-state index >= 15 is 0 Å². The topological polar surface area (TPSA) is 20.2 Å². The zero-order chi connectivity index (χ0) is 9.84. The molecule has 0 saturated heterocycles. The first-order valence-electron chi connectivity index (χ1n) is 4.18. The van der Waals surface area contributed by atoms with Gasteiger partial charge in [-0.25, -0.2) is 4.39 Å². The van der Waals surface area contributed by atoms with Crippen LogP contribution in [0.15, 0.2) is 36.4 Å². The molecule has 0 aliphatic carbocycles. The number of rotatable bonds is 3. The Morgan fingerprint density at radius 3 is 2.69 bits per heavy atom.